The Balaban J connectivity index is 1.46. The van der Waals surface area contributed by atoms with Crippen molar-refractivity contribution in [2.45, 2.75) is 45.3 Å². The molecule has 1 aromatic carbocycles. The van der Waals surface area contributed by atoms with Crippen LogP contribution in [0.2, 0.25) is 0 Å². The van der Waals surface area contributed by atoms with Crippen LogP contribution in [-0.4, -0.2) is 16.9 Å². The largest absolute Gasteiger partial charge is 0.486 e. The molecule has 1 fully saturated rings. The summed E-state index contributed by atoms with van der Waals surface area (Å²) in [5.41, 5.74) is 1.30. The number of nitrogens with one attached hydrogen (secondary N) is 1. The van der Waals surface area contributed by atoms with E-state index in [0.717, 1.165) is 29.2 Å². The number of thiophene rings is 1. The Kier molecular flexibility index (Phi) is 5.25. The summed E-state index contributed by atoms with van der Waals surface area (Å²) < 4.78 is 11.7. The summed E-state index contributed by atoms with van der Waals surface area (Å²) >= 11 is 1.58. The molecule has 27 heavy (non-hydrogen) atoms. The van der Waals surface area contributed by atoms with Gasteiger partial charge in [-0.2, -0.15) is 0 Å². The number of hydrogen-bond acceptors (Lipinski definition) is 5. The molecule has 1 saturated carbocycles. The van der Waals surface area contributed by atoms with E-state index in [9.17, 15) is 4.79 Å². The van der Waals surface area contributed by atoms with E-state index in [1.54, 1.807) is 17.4 Å². The lowest BCUT2D eigenvalue weighted by molar-refractivity contribution is 0.0933. The molecule has 3 aromatic rings. The maximum atomic E-state index is 12.6. The molecule has 5 nitrogen and oxygen atoms in total. The maximum absolute atomic E-state index is 12.6. The minimum atomic E-state index is -0.0753. The maximum Gasteiger partial charge on any atom is 0.255 e. The van der Waals surface area contributed by atoms with Gasteiger partial charge in [0.15, 0.2) is 0 Å². The highest BCUT2D eigenvalue weighted by Gasteiger charge is 2.20. The van der Waals surface area contributed by atoms with Gasteiger partial charge < -0.3 is 14.5 Å². The average Bonchev–Trinajstić information content (AvgIpc) is 3.42. The van der Waals surface area contributed by atoms with Gasteiger partial charge in [-0.25, -0.2) is 4.98 Å². The number of oxazole rings is 1. The van der Waals surface area contributed by atoms with E-state index < -0.39 is 0 Å². The standard InChI is InChI=1S/C21H22N2O3S/c1-14-17(23-21(26-14)19-11-6-12-27-19)13-25-18-10-5-4-9-16(18)20(24)22-15-7-2-3-8-15/h4-6,9-12,15H,2-3,7-8,13H2,1H3,(H,22,24). The van der Waals surface area contributed by atoms with E-state index in [4.69, 9.17) is 9.15 Å². The summed E-state index contributed by atoms with van der Waals surface area (Å²) in [6, 6.07) is 11.6. The van der Waals surface area contributed by atoms with Crippen molar-refractivity contribution in [1.29, 1.82) is 0 Å². The van der Waals surface area contributed by atoms with Gasteiger partial charge >= 0.3 is 0 Å². The van der Waals surface area contributed by atoms with E-state index in [1.807, 2.05) is 42.6 Å². The van der Waals surface area contributed by atoms with Crippen molar-refractivity contribution in [2.24, 2.45) is 0 Å². The molecular formula is C21H22N2O3S. The second kappa shape index (κ2) is 7.96. The summed E-state index contributed by atoms with van der Waals surface area (Å²) in [6.07, 6.45) is 4.47. The summed E-state index contributed by atoms with van der Waals surface area (Å²) in [6.45, 7) is 2.13. The molecule has 0 spiro atoms. The first kappa shape index (κ1) is 17.8. The first-order valence-corrected chi connectivity index (χ1v) is 10.1. The van der Waals surface area contributed by atoms with E-state index in [1.165, 1.54) is 12.8 Å². The lowest BCUT2D eigenvalue weighted by Crippen LogP contribution is -2.32. The van der Waals surface area contributed by atoms with E-state index in [2.05, 4.69) is 10.3 Å². The van der Waals surface area contributed by atoms with Gasteiger partial charge in [0.2, 0.25) is 5.89 Å². The highest BCUT2D eigenvalue weighted by molar-refractivity contribution is 7.13. The van der Waals surface area contributed by atoms with Crippen LogP contribution in [0.1, 0.15) is 47.5 Å². The van der Waals surface area contributed by atoms with Gasteiger partial charge in [0.05, 0.1) is 10.4 Å². The topological polar surface area (TPSA) is 64.4 Å². The number of ether oxygens (including phenoxy) is 1. The second-order valence-corrected chi connectivity index (χ2v) is 7.69. The normalized spacial score (nSPS) is 14.4. The van der Waals surface area contributed by atoms with Crippen LogP contribution >= 0.6 is 11.3 Å². The average molecular weight is 382 g/mol. The second-order valence-electron chi connectivity index (χ2n) is 6.74. The Morgan fingerprint density at radius 3 is 2.85 bits per heavy atom. The van der Waals surface area contributed by atoms with Crippen LogP contribution in [0.3, 0.4) is 0 Å². The predicted octanol–water partition coefficient (Wildman–Crippen LogP) is 4.96. The lowest BCUT2D eigenvalue weighted by atomic mass is 10.1. The van der Waals surface area contributed by atoms with E-state index in [-0.39, 0.29) is 18.6 Å². The fourth-order valence-corrected chi connectivity index (χ4v) is 3.98. The zero-order chi connectivity index (χ0) is 18.6. The fourth-order valence-electron chi connectivity index (χ4n) is 3.33. The van der Waals surface area contributed by atoms with Crippen molar-refractivity contribution in [3.63, 3.8) is 0 Å². The quantitative estimate of drug-likeness (QED) is 0.654. The number of para-hydroxylation sites is 1. The van der Waals surface area contributed by atoms with Crippen molar-refractivity contribution < 1.29 is 13.9 Å². The summed E-state index contributed by atoms with van der Waals surface area (Å²) in [4.78, 5) is 18.2. The molecule has 140 valence electrons. The summed E-state index contributed by atoms with van der Waals surface area (Å²) in [7, 11) is 0. The van der Waals surface area contributed by atoms with Crippen molar-refractivity contribution >= 4 is 17.2 Å². The minimum absolute atomic E-state index is 0.0753. The Bertz CT molecular complexity index is 911. The predicted molar refractivity (Wildman–Crippen MR) is 105 cm³/mol. The number of aryl methyl sites for hydroxylation is 1. The first-order valence-electron chi connectivity index (χ1n) is 9.23. The first-order chi connectivity index (χ1) is 13.2. The Morgan fingerprint density at radius 2 is 2.07 bits per heavy atom. The SMILES string of the molecule is Cc1oc(-c2cccs2)nc1COc1ccccc1C(=O)NC1CCCC1. The number of carbonyl (C=O) groups excluding carboxylic acids is 1. The van der Waals surface area contributed by atoms with Crippen LogP contribution in [0, 0.1) is 6.92 Å². The Hall–Kier alpha value is -2.60. The number of nitrogens with zero attached hydrogens (tertiary/aromatic N) is 1. The Morgan fingerprint density at radius 1 is 1.26 bits per heavy atom. The number of benzene rings is 1. The highest BCUT2D eigenvalue weighted by atomic mass is 32.1. The van der Waals surface area contributed by atoms with Crippen LogP contribution < -0.4 is 10.1 Å². The monoisotopic (exact) mass is 382 g/mol. The zero-order valence-corrected chi connectivity index (χ0v) is 16.1. The van der Waals surface area contributed by atoms with Crippen molar-refractivity contribution in [2.75, 3.05) is 0 Å². The molecule has 0 saturated heterocycles. The summed E-state index contributed by atoms with van der Waals surface area (Å²) in [5, 5.41) is 5.11. The molecule has 1 aliphatic carbocycles. The third-order valence-electron chi connectivity index (χ3n) is 4.81. The molecule has 2 aromatic heterocycles. The Labute approximate surface area is 162 Å². The van der Waals surface area contributed by atoms with Crippen LogP contribution in [0.25, 0.3) is 10.8 Å². The van der Waals surface area contributed by atoms with Gasteiger partial charge in [-0.1, -0.05) is 31.0 Å². The van der Waals surface area contributed by atoms with E-state index >= 15 is 0 Å². The summed E-state index contributed by atoms with van der Waals surface area (Å²) in [5.74, 6) is 1.82. The van der Waals surface area contributed by atoms with Gasteiger partial charge in [0, 0.05) is 6.04 Å². The van der Waals surface area contributed by atoms with Crippen molar-refractivity contribution in [3.05, 3.63) is 58.8 Å². The molecular weight excluding hydrogens is 360 g/mol. The van der Waals surface area contributed by atoms with Gasteiger partial charge in [-0.15, -0.1) is 11.3 Å². The third-order valence-corrected chi connectivity index (χ3v) is 5.67. The van der Waals surface area contributed by atoms with Crippen LogP contribution in [0.15, 0.2) is 46.2 Å². The lowest BCUT2D eigenvalue weighted by Gasteiger charge is -2.14. The molecule has 6 heteroatoms. The molecule has 0 unspecified atom stereocenters. The van der Waals surface area contributed by atoms with Gasteiger partial charge in [0.1, 0.15) is 23.8 Å². The molecule has 2 heterocycles. The van der Waals surface area contributed by atoms with Crippen molar-refractivity contribution in [1.82, 2.24) is 10.3 Å². The fraction of sp³-hybridized carbons (Fsp3) is 0.333. The molecule has 0 radical (unpaired) electrons. The smallest absolute Gasteiger partial charge is 0.255 e. The van der Waals surface area contributed by atoms with Crippen LogP contribution in [-0.2, 0) is 6.61 Å². The number of hydrogen-bond donors (Lipinski definition) is 1. The van der Waals surface area contributed by atoms with E-state index in [0.29, 0.717) is 17.2 Å². The highest BCUT2D eigenvalue weighted by Crippen LogP contribution is 2.27. The molecule has 1 N–H and O–H groups in total. The molecule has 4 rings (SSSR count). The van der Waals surface area contributed by atoms with Crippen molar-refractivity contribution in [3.8, 4) is 16.5 Å². The number of amides is 1. The van der Waals surface area contributed by atoms with Crippen LogP contribution in [0.4, 0.5) is 0 Å². The van der Waals surface area contributed by atoms with Crippen LogP contribution in [0.5, 0.6) is 5.75 Å². The third kappa shape index (κ3) is 4.06. The minimum Gasteiger partial charge on any atom is -0.486 e. The van der Waals surface area contributed by atoms with Gasteiger partial charge in [0.25, 0.3) is 5.91 Å². The molecule has 0 aliphatic heterocycles. The molecule has 0 atom stereocenters. The molecule has 0 bridgehead atoms. The molecule has 1 amide bonds. The number of rotatable bonds is 6. The van der Waals surface area contributed by atoms with Gasteiger partial charge in [-0.3, -0.25) is 4.79 Å². The molecule has 1 aliphatic rings. The number of aromatic nitrogens is 1. The van der Waals surface area contributed by atoms with Gasteiger partial charge in [-0.05, 0) is 43.3 Å². The number of carbonyl (C=O) groups is 1. The zero-order valence-electron chi connectivity index (χ0n) is 15.2.